The molecule has 0 spiro atoms. The predicted molar refractivity (Wildman–Crippen MR) is 112 cm³/mol. The van der Waals surface area contributed by atoms with Crippen LogP contribution >= 0.6 is 0 Å². The van der Waals surface area contributed by atoms with Crippen LogP contribution in [0.15, 0.2) is 42.5 Å². The van der Waals surface area contributed by atoms with Crippen molar-refractivity contribution in [1.82, 2.24) is 9.62 Å². The number of hydrogen-bond donors (Lipinski definition) is 1. The largest absolute Gasteiger partial charge is 0.598 e. The highest BCUT2D eigenvalue weighted by Gasteiger charge is 2.57. The van der Waals surface area contributed by atoms with E-state index in [0.29, 0.717) is 16.7 Å². The Bertz CT molecular complexity index is 935. The quantitative estimate of drug-likeness (QED) is 0.530. The van der Waals surface area contributed by atoms with Gasteiger partial charge >= 0.3 is 0 Å². The van der Waals surface area contributed by atoms with Crippen LogP contribution in [0.3, 0.4) is 0 Å². The second-order valence-corrected chi connectivity index (χ2v) is 9.21. The van der Waals surface area contributed by atoms with E-state index in [9.17, 15) is 26.9 Å². The SMILES string of the molecule is CC(C)C(=O)N1CC(F)(F)[C@H](N[S+](C)[O-])[C@@H]1Cc1cccc(-c2cc(F)cc(F)c2)c1. The minimum absolute atomic E-state index is 0.0640. The van der Waals surface area contributed by atoms with Gasteiger partial charge in [0.1, 0.15) is 23.9 Å². The highest BCUT2D eigenvalue weighted by atomic mass is 32.2. The zero-order valence-electron chi connectivity index (χ0n) is 17.4. The third-order valence-electron chi connectivity index (χ3n) is 5.26. The average Bonchev–Trinajstić information content (AvgIpc) is 2.90. The molecule has 0 bridgehead atoms. The Morgan fingerprint density at radius 1 is 1.19 bits per heavy atom. The number of halogens is 4. The first kappa shape index (κ1) is 23.6. The molecule has 3 atom stereocenters. The van der Waals surface area contributed by atoms with Crippen molar-refractivity contribution in [3.8, 4) is 11.1 Å². The normalized spacial score (nSPS) is 21.5. The van der Waals surface area contributed by atoms with E-state index in [2.05, 4.69) is 4.72 Å². The summed E-state index contributed by atoms with van der Waals surface area (Å²) < 4.78 is 70.8. The number of hydrogen-bond acceptors (Lipinski definition) is 3. The molecule has 1 heterocycles. The first-order valence-electron chi connectivity index (χ1n) is 9.81. The summed E-state index contributed by atoms with van der Waals surface area (Å²) in [4.78, 5) is 13.8. The molecule has 0 aliphatic carbocycles. The first-order valence-corrected chi connectivity index (χ1v) is 11.4. The number of carbonyl (C=O) groups excluding carboxylic acids is 1. The molecule has 2 aromatic carbocycles. The van der Waals surface area contributed by atoms with Crippen molar-refractivity contribution in [2.45, 2.75) is 38.3 Å². The van der Waals surface area contributed by atoms with Crippen LogP contribution in [0.4, 0.5) is 17.6 Å². The van der Waals surface area contributed by atoms with Gasteiger partial charge in [-0.15, -0.1) is 4.72 Å². The van der Waals surface area contributed by atoms with Crippen LogP contribution in [0.5, 0.6) is 0 Å². The molecular formula is C22H24F4N2O2S. The summed E-state index contributed by atoms with van der Waals surface area (Å²) in [7, 11) is 0. The Kier molecular flexibility index (Phi) is 6.98. The van der Waals surface area contributed by atoms with Crippen LogP contribution in [0.1, 0.15) is 19.4 Å². The molecule has 1 amide bonds. The number of rotatable bonds is 6. The molecule has 4 nitrogen and oxygen atoms in total. The molecular weight excluding hydrogens is 432 g/mol. The third kappa shape index (κ3) is 5.39. The lowest BCUT2D eigenvalue weighted by atomic mass is 9.95. The van der Waals surface area contributed by atoms with E-state index in [4.69, 9.17) is 0 Å². The molecule has 1 aliphatic rings. The fraction of sp³-hybridized carbons (Fsp3) is 0.409. The van der Waals surface area contributed by atoms with Crippen LogP contribution in [0, 0.1) is 17.6 Å². The van der Waals surface area contributed by atoms with Crippen molar-refractivity contribution in [2.75, 3.05) is 12.8 Å². The average molecular weight is 457 g/mol. The summed E-state index contributed by atoms with van der Waals surface area (Å²) in [5.74, 6) is -5.60. The second kappa shape index (κ2) is 9.18. The van der Waals surface area contributed by atoms with Gasteiger partial charge in [-0.1, -0.05) is 38.1 Å². The van der Waals surface area contributed by atoms with E-state index in [-0.39, 0.29) is 6.42 Å². The van der Waals surface area contributed by atoms with E-state index >= 15 is 0 Å². The van der Waals surface area contributed by atoms with Gasteiger partial charge < -0.3 is 9.45 Å². The Labute approximate surface area is 181 Å². The molecule has 2 aromatic rings. The van der Waals surface area contributed by atoms with Gasteiger partial charge in [0.15, 0.2) is 0 Å². The van der Waals surface area contributed by atoms with Crippen molar-refractivity contribution in [3.05, 3.63) is 59.7 Å². The van der Waals surface area contributed by atoms with E-state index in [1.807, 2.05) is 0 Å². The number of nitrogens with zero attached hydrogens (tertiary/aromatic N) is 1. The Hall–Kier alpha value is -2.10. The number of amides is 1. The molecule has 31 heavy (non-hydrogen) atoms. The monoisotopic (exact) mass is 456 g/mol. The molecule has 168 valence electrons. The summed E-state index contributed by atoms with van der Waals surface area (Å²) in [6, 6.07) is 7.39. The molecule has 1 aliphatic heterocycles. The first-order chi connectivity index (χ1) is 14.5. The van der Waals surface area contributed by atoms with Gasteiger partial charge in [-0.3, -0.25) is 4.79 Å². The topological polar surface area (TPSA) is 55.4 Å². The maximum Gasteiger partial charge on any atom is 0.286 e. The number of carbonyl (C=O) groups is 1. The third-order valence-corrected chi connectivity index (χ3v) is 5.84. The maximum atomic E-state index is 14.8. The predicted octanol–water partition coefficient (Wildman–Crippen LogP) is 3.93. The maximum absolute atomic E-state index is 14.8. The number of benzene rings is 2. The molecule has 1 N–H and O–H groups in total. The van der Waals surface area contributed by atoms with Gasteiger partial charge in [0.05, 0.1) is 12.6 Å². The Morgan fingerprint density at radius 3 is 2.42 bits per heavy atom. The van der Waals surface area contributed by atoms with E-state index in [0.717, 1.165) is 11.0 Å². The lowest BCUT2D eigenvalue weighted by Crippen LogP contribution is -2.52. The van der Waals surface area contributed by atoms with Crippen molar-refractivity contribution >= 4 is 17.3 Å². The van der Waals surface area contributed by atoms with Crippen molar-refractivity contribution in [1.29, 1.82) is 0 Å². The van der Waals surface area contributed by atoms with Gasteiger partial charge in [0.25, 0.3) is 5.92 Å². The second-order valence-electron chi connectivity index (χ2n) is 8.06. The van der Waals surface area contributed by atoms with E-state index in [1.165, 1.54) is 18.4 Å². The van der Waals surface area contributed by atoms with Gasteiger partial charge in [0, 0.05) is 23.3 Å². The van der Waals surface area contributed by atoms with Crippen LogP contribution < -0.4 is 4.72 Å². The zero-order chi connectivity index (χ0) is 22.9. The van der Waals surface area contributed by atoms with Crippen molar-refractivity contribution in [2.24, 2.45) is 5.92 Å². The lowest BCUT2D eigenvalue weighted by Gasteiger charge is -2.29. The molecule has 0 radical (unpaired) electrons. The Balaban J connectivity index is 1.95. The fourth-order valence-corrected chi connectivity index (χ4v) is 4.58. The molecule has 3 rings (SSSR count). The van der Waals surface area contributed by atoms with Crippen LogP contribution in [-0.4, -0.2) is 46.2 Å². The van der Waals surface area contributed by atoms with Crippen LogP contribution in [0.25, 0.3) is 11.1 Å². The summed E-state index contributed by atoms with van der Waals surface area (Å²) in [5.41, 5.74) is 1.45. The molecule has 1 unspecified atom stereocenters. The highest BCUT2D eigenvalue weighted by Crippen LogP contribution is 2.36. The van der Waals surface area contributed by atoms with Gasteiger partial charge in [-0.25, -0.2) is 17.6 Å². The minimum Gasteiger partial charge on any atom is -0.598 e. The highest BCUT2D eigenvalue weighted by molar-refractivity contribution is 7.88. The van der Waals surface area contributed by atoms with Crippen molar-refractivity contribution < 1.29 is 26.9 Å². The van der Waals surface area contributed by atoms with Crippen LogP contribution in [-0.2, 0) is 22.6 Å². The van der Waals surface area contributed by atoms with Gasteiger partial charge in [0.2, 0.25) is 5.91 Å². The molecule has 9 heteroatoms. The molecule has 1 fully saturated rings. The standard InChI is InChI=1S/C22H24F4N2O2S/c1-13(2)21(29)28-12-22(25,26)20(27-31(3)30)19(28)8-14-5-4-6-15(7-14)16-9-17(23)11-18(24)10-16/h4-7,9-11,13,19-20,27H,8,12H2,1-3H3/t19-,20+,31?/m0/s1. The number of alkyl halides is 2. The molecule has 0 aromatic heterocycles. The van der Waals surface area contributed by atoms with Crippen LogP contribution in [0.2, 0.25) is 0 Å². The van der Waals surface area contributed by atoms with Gasteiger partial charge in [-0.05, 0) is 35.2 Å². The molecule has 1 saturated heterocycles. The number of likely N-dealkylation sites (tertiary alicyclic amines) is 1. The zero-order valence-corrected chi connectivity index (χ0v) is 18.2. The van der Waals surface area contributed by atoms with Crippen molar-refractivity contribution in [3.63, 3.8) is 0 Å². The lowest BCUT2D eigenvalue weighted by molar-refractivity contribution is -0.136. The fourth-order valence-electron chi connectivity index (χ4n) is 3.89. The summed E-state index contributed by atoms with van der Waals surface area (Å²) in [6.07, 6.45) is 1.33. The minimum atomic E-state index is -3.26. The summed E-state index contributed by atoms with van der Waals surface area (Å²) >= 11 is -1.71. The Morgan fingerprint density at radius 2 is 1.84 bits per heavy atom. The summed E-state index contributed by atoms with van der Waals surface area (Å²) in [6.45, 7) is 2.50. The van der Waals surface area contributed by atoms with E-state index < -0.39 is 59.4 Å². The number of nitrogens with one attached hydrogen (secondary N) is 1. The molecule has 0 saturated carbocycles. The smallest absolute Gasteiger partial charge is 0.286 e. The van der Waals surface area contributed by atoms with E-state index in [1.54, 1.807) is 38.1 Å². The summed E-state index contributed by atoms with van der Waals surface area (Å²) in [5, 5.41) is 0. The van der Waals surface area contributed by atoms with Gasteiger partial charge in [-0.2, -0.15) is 0 Å².